The highest BCUT2D eigenvalue weighted by atomic mass is 35.5. The fourth-order valence-corrected chi connectivity index (χ4v) is 7.36. The summed E-state index contributed by atoms with van der Waals surface area (Å²) in [6, 6.07) is 28.1. The lowest BCUT2D eigenvalue weighted by Crippen LogP contribution is -2.42. The molecule has 4 N–H and O–H groups in total. The maximum absolute atomic E-state index is 12.0. The van der Waals surface area contributed by atoms with Gasteiger partial charge in [-0.05, 0) is 119 Å². The normalized spacial score (nSPS) is 16.4. The summed E-state index contributed by atoms with van der Waals surface area (Å²) < 4.78 is 0. The molecule has 262 valence electrons. The second kappa shape index (κ2) is 17.8. The predicted molar refractivity (Wildman–Crippen MR) is 202 cm³/mol. The number of hydrogen-bond acceptors (Lipinski definition) is 4. The lowest BCUT2D eigenvalue weighted by molar-refractivity contribution is -0.122. The monoisotopic (exact) mass is 712 g/mol. The van der Waals surface area contributed by atoms with Gasteiger partial charge in [0, 0.05) is 40.5 Å². The molecule has 0 unspecified atom stereocenters. The maximum Gasteiger partial charge on any atom is 0.223 e. The third-order valence-electron chi connectivity index (χ3n) is 9.59. The fourth-order valence-electron chi connectivity index (χ4n) is 6.94. The predicted octanol–water partition coefficient (Wildman–Crippen LogP) is 8.26. The van der Waals surface area contributed by atoms with Crippen molar-refractivity contribution in [2.45, 2.75) is 90.4 Å². The van der Waals surface area contributed by atoms with Gasteiger partial charge in [0.25, 0.3) is 0 Å². The molecule has 50 heavy (non-hydrogen) atoms. The summed E-state index contributed by atoms with van der Waals surface area (Å²) >= 11 is 12.3. The zero-order valence-electron chi connectivity index (χ0n) is 28.8. The van der Waals surface area contributed by atoms with Gasteiger partial charge >= 0.3 is 0 Å². The van der Waals surface area contributed by atoms with Crippen LogP contribution in [-0.4, -0.2) is 28.1 Å². The number of carbonyl (C=O) groups is 2. The second-order valence-corrected chi connectivity index (χ2v) is 13.9. The standard InChI is InChI=1S/C21H24ClNO2.C21H22ClNO2/c2*1-2-21(25)23-20-9-8-16-7-6-15(13-24)12-18(16)19(20)11-14-4-3-5-17(22)10-14/h3-7,10,12,19-20,24H,2,8-9,11,13H2,1H3,(H,23,25);3-7,10,12,24H,2,8-9,11,13H2,1H3,(H,23,25)/t19-,20+;/m1./s1. The number of fused-ring (bicyclic) bond motifs is 2. The Balaban J connectivity index is 0.000000194. The number of aliphatic hydroxyl groups is 2. The van der Waals surface area contributed by atoms with Crippen LogP contribution in [0.2, 0.25) is 10.0 Å². The molecule has 0 saturated heterocycles. The Hall–Kier alpha value is -3.94. The van der Waals surface area contributed by atoms with E-state index in [-0.39, 0.29) is 37.0 Å². The molecule has 0 saturated carbocycles. The second-order valence-electron chi connectivity index (χ2n) is 13.0. The number of carbonyl (C=O) groups excluding carboxylic acids is 2. The van der Waals surface area contributed by atoms with Crippen molar-refractivity contribution in [2.24, 2.45) is 0 Å². The molecule has 0 heterocycles. The molecule has 6 nitrogen and oxygen atoms in total. The zero-order valence-corrected chi connectivity index (χ0v) is 30.3. The van der Waals surface area contributed by atoms with E-state index < -0.39 is 0 Å². The average Bonchev–Trinajstić information content (AvgIpc) is 3.13. The first-order chi connectivity index (χ1) is 24.2. The summed E-state index contributed by atoms with van der Waals surface area (Å²) in [5.74, 6) is 0.299. The van der Waals surface area contributed by atoms with Gasteiger partial charge < -0.3 is 20.8 Å². The number of halogens is 2. The van der Waals surface area contributed by atoms with Gasteiger partial charge in [-0.3, -0.25) is 9.59 Å². The van der Waals surface area contributed by atoms with E-state index in [1.807, 2.05) is 74.5 Å². The first kappa shape index (κ1) is 37.3. The Labute approximate surface area is 305 Å². The lowest BCUT2D eigenvalue weighted by atomic mass is 9.75. The highest BCUT2D eigenvalue weighted by Gasteiger charge is 2.31. The minimum Gasteiger partial charge on any atom is -0.392 e. The van der Waals surface area contributed by atoms with E-state index in [1.54, 1.807) is 0 Å². The van der Waals surface area contributed by atoms with Crippen LogP contribution in [-0.2, 0) is 48.5 Å². The Kier molecular flexibility index (Phi) is 13.3. The Morgan fingerprint density at radius 1 is 0.720 bits per heavy atom. The molecule has 0 aliphatic heterocycles. The fraction of sp³-hybridized carbons (Fsp3) is 0.333. The van der Waals surface area contributed by atoms with Crippen LogP contribution < -0.4 is 10.6 Å². The SMILES string of the molecule is CCC(=O)NC1=C(Cc2cccc(Cl)c2)c2cc(CO)ccc2CC1.CCC(=O)N[C@H]1CCc2ccc(CO)cc2[C@H]1Cc1cccc(Cl)c1. The van der Waals surface area contributed by atoms with E-state index in [0.29, 0.717) is 24.3 Å². The number of allylic oxidation sites excluding steroid dienone is 2. The van der Waals surface area contributed by atoms with E-state index >= 15 is 0 Å². The van der Waals surface area contributed by atoms with Gasteiger partial charge in [-0.1, -0.05) is 91.6 Å². The minimum absolute atomic E-state index is 0.00831. The molecule has 4 aromatic rings. The molecule has 0 spiro atoms. The number of benzene rings is 4. The zero-order chi connectivity index (χ0) is 35.6. The molecule has 0 bridgehead atoms. The van der Waals surface area contributed by atoms with Gasteiger partial charge in [0.05, 0.1) is 13.2 Å². The highest BCUT2D eigenvalue weighted by Crippen LogP contribution is 2.36. The smallest absolute Gasteiger partial charge is 0.223 e. The Bertz CT molecular complexity index is 1850. The van der Waals surface area contributed by atoms with Crippen LogP contribution in [0.3, 0.4) is 0 Å². The van der Waals surface area contributed by atoms with Crippen molar-refractivity contribution in [3.63, 3.8) is 0 Å². The van der Waals surface area contributed by atoms with Crippen LogP contribution in [0.5, 0.6) is 0 Å². The molecule has 8 heteroatoms. The molecule has 2 aliphatic rings. The van der Waals surface area contributed by atoms with Crippen molar-refractivity contribution in [1.82, 2.24) is 10.6 Å². The Morgan fingerprint density at radius 3 is 2.02 bits per heavy atom. The summed E-state index contributed by atoms with van der Waals surface area (Å²) in [6.45, 7) is 3.77. The molecular weight excluding hydrogens is 667 g/mol. The van der Waals surface area contributed by atoms with Gasteiger partial charge in [0.1, 0.15) is 0 Å². The van der Waals surface area contributed by atoms with Crippen molar-refractivity contribution in [3.05, 3.63) is 145 Å². The van der Waals surface area contributed by atoms with Crippen LogP contribution in [0, 0.1) is 0 Å². The van der Waals surface area contributed by atoms with Gasteiger partial charge in [0.15, 0.2) is 0 Å². The molecule has 2 aliphatic carbocycles. The first-order valence-corrected chi connectivity index (χ1v) is 18.2. The van der Waals surface area contributed by atoms with E-state index in [2.05, 4.69) is 34.9 Å². The molecular formula is C42H46Cl2N2O4. The number of aryl methyl sites for hydroxylation is 2. The number of aliphatic hydroxyl groups excluding tert-OH is 2. The number of rotatable bonds is 10. The van der Waals surface area contributed by atoms with E-state index in [9.17, 15) is 19.8 Å². The summed E-state index contributed by atoms with van der Waals surface area (Å²) in [4.78, 5) is 24.0. The van der Waals surface area contributed by atoms with Gasteiger partial charge in [0.2, 0.25) is 11.8 Å². The van der Waals surface area contributed by atoms with Crippen LogP contribution in [0.25, 0.3) is 5.57 Å². The van der Waals surface area contributed by atoms with E-state index in [0.717, 1.165) is 76.2 Å². The molecule has 2 amide bonds. The highest BCUT2D eigenvalue weighted by molar-refractivity contribution is 6.30. The third-order valence-corrected chi connectivity index (χ3v) is 10.1. The average molecular weight is 714 g/mol. The third kappa shape index (κ3) is 9.64. The Morgan fingerprint density at radius 2 is 1.36 bits per heavy atom. The maximum atomic E-state index is 12.0. The minimum atomic E-state index is 0.00831. The van der Waals surface area contributed by atoms with Crippen LogP contribution >= 0.6 is 23.2 Å². The summed E-state index contributed by atoms with van der Waals surface area (Å²) in [7, 11) is 0. The van der Waals surface area contributed by atoms with Crippen molar-refractivity contribution < 1.29 is 19.8 Å². The number of hydrogen-bond donors (Lipinski definition) is 4. The molecule has 0 radical (unpaired) electrons. The van der Waals surface area contributed by atoms with Gasteiger partial charge in [-0.2, -0.15) is 0 Å². The summed E-state index contributed by atoms with van der Waals surface area (Å²) in [6.07, 6.45) is 6.04. The molecule has 6 rings (SSSR count). The van der Waals surface area contributed by atoms with E-state index in [4.69, 9.17) is 23.2 Å². The van der Waals surface area contributed by atoms with Crippen LogP contribution in [0.15, 0.2) is 90.6 Å². The van der Waals surface area contributed by atoms with Gasteiger partial charge in [-0.25, -0.2) is 0 Å². The molecule has 0 fully saturated rings. The lowest BCUT2D eigenvalue weighted by Gasteiger charge is -2.35. The quantitative estimate of drug-likeness (QED) is 0.133. The van der Waals surface area contributed by atoms with Crippen molar-refractivity contribution in [2.75, 3.05) is 0 Å². The molecule has 4 aromatic carbocycles. The van der Waals surface area contributed by atoms with Gasteiger partial charge in [-0.15, -0.1) is 0 Å². The van der Waals surface area contributed by atoms with Crippen molar-refractivity contribution in [1.29, 1.82) is 0 Å². The molecule has 2 atom stereocenters. The van der Waals surface area contributed by atoms with Crippen molar-refractivity contribution >= 4 is 40.6 Å². The van der Waals surface area contributed by atoms with Crippen LogP contribution in [0.4, 0.5) is 0 Å². The van der Waals surface area contributed by atoms with Crippen LogP contribution in [0.1, 0.15) is 90.0 Å². The van der Waals surface area contributed by atoms with E-state index in [1.165, 1.54) is 16.7 Å². The first-order valence-electron chi connectivity index (χ1n) is 17.5. The number of nitrogens with one attached hydrogen (secondary N) is 2. The van der Waals surface area contributed by atoms with Crippen molar-refractivity contribution in [3.8, 4) is 0 Å². The molecule has 0 aromatic heterocycles. The summed E-state index contributed by atoms with van der Waals surface area (Å²) in [5.41, 5.74) is 11.1. The largest absolute Gasteiger partial charge is 0.392 e. The number of amides is 2. The topological polar surface area (TPSA) is 98.7 Å². The summed E-state index contributed by atoms with van der Waals surface area (Å²) in [5, 5.41) is 26.7.